The molecular formula is C20H15ClN2O3S. The van der Waals surface area contributed by atoms with E-state index in [0.29, 0.717) is 32.4 Å². The molecule has 0 saturated heterocycles. The Morgan fingerprint density at radius 1 is 0.889 bits per heavy atom. The molecule has 3 rings (SSSR count). The molecule has 27 heavy (non-hydrogen) atoms. The van der Waals surface area contributed by atoms with Crippen molar-refractivity contribution in [1.82, 2.24) is 0 Å². The zero-order valence-corrected chi connectivity index (χ0v) is 15.9. The largest absolute Gasteiger partial charge is 0.322 e. The van der Waals surface area contributed by atoms with Gasteiger partial charge in [0.2, 0.25) is 0 Å². The number of amides is 2. The van der Waals surface area contributed by atoms with Crippen LogP contribution in [0.1, 0.15) is 37.3 Å². The summed E-state index contributed by atoms with van der Waals surface area (Å²) < 4.78 is 0. The lowest BCUT2D eigenvalue weighted by molar-refractivity contribution is 0.101. The van der Waals surface area contributed by atoms with E-state index in [1.807, 2.05) is 0 Å². The first-order valence-electron chi connectivity index (χ1n) is 8.01. The molecule has 7 heteroatoms. The molecule has 0 fully saturated rings. The molecule has 0 radical (unpaired) electrons. The van der Waals surface area contributed by atoms with E-state index in [-0.39, 0.29) is 17.6 Å². The summed E-state index contributed by atoms with van der Waals surface area (Å²) in [7, 11) is 0. The summed E-state index contributed by atoms with van der Waals surface area (Å²) in [6.45, 7) is 1.46. The van der Waals surface area contributed by atoms with Crippen LogP contribution in [0.5, 0.6) is 0 Å². The average molecular weight is 399 g/mol. The van der Waals surface area contributed by atoms with E-state index in [1.54, 1.807) is 53.9 Å². The lowest BCUT2D eigenvalue weighted by Crippen LogP contribution is -2.14. The second-order valence-electron chi connectivity index (χ2n) is 5.72. The topological polar surface area (TPSA) is 75.3 Å². The highest BCUT2D eigenvalue weighted by atomic mass is 35.5. The van der Waals surface area contributed by atoms with Crippen LogP contribution in [0, 0.1) is 0 Å². The number of halogens is 1. The van der Waals surface area contributed by atoms with Gasteiger partial charge in [-0.2, -0.15) is 0 Å². The zero-order chi connectivity index (χ0) is 19.4. The van der Waals surface area contributed by atoms with Crippen molar-refractivity contribution in [1.29, 1.82) is 0 Å². The van der Waals surface area contributed by atoms with E-state index < -0.39 is 0 Å². The molecule has 3 aromatic rings. The van der Waals surface area contributed by atoms with Crippen molar-refractivity contribution in [2.45, 2.75) is 6.92 Å². The van der Waals surface area contributed by atoms with Crippen molar-refractivity contribution >= 4 is 51.9 Å². The molecule has 0 saturated carbocycles. The number of thiophene rings is 1. The third kappa shape index (κ3) is 4.61. The Labute approximate surface area is 165 Å². The quantitative estimate of drug-likeness (QED) is 0.586. The first-order valence-corrected chi connectivity index (χ1v) is 9.26. The normalized spacial score (nSPS) is 10.3. The Bertz CT molecular complexity index is 1020. The Morgan fingerprint density at radius 3 is 2.41 bits per heavy atom. The average Bonchev–Trinajstić information content (AvgIpc) is 3.18. The minimum absolute atomic E-state index is 0.0869. The summed E-state index contributed by atoms with van der Waals surface area (Å²) in [5.74, 6) is -0.756. The van der Waals surface area contributed by atoms with Crippen LogP contribution < -0.4 is 10.6 Å². The van der Waals surface area contributed by atoms with E-state index in [1.165, 1.54) is 24.3 Å². The fourth-order valence-corrected chi connectivity index (χ4v) is 3.16. The minimum Gasteiger partial charge on any atom is -0.322 e. The molecule has 1 heterocycles. The summed E-state index contributed by atoms with van der Waals surface area (Å²) in [4.78, 5) is 36.7. The molecule has 2 aromatic carbocycles. The maximum atomic E-state index is 12.5. The number of rotatable bonds is 5. The molecule has 136 valence electrons. The van der Waals surface area contributed by atoms with E-state index in [0.717, 1.165) is 0 Å². The van der Waals surface area contributed by atoms with Gasteiger partial charge in [0, 0.05) is 16.8 Å². The Balaban J connectivity index is 1.78. The number of carbonyl (C=O) groups excluding carboxylic acids is 3. The highest BCUT2D eigenvalue weighted by Crippen LogP contribution is 2.25. The molecule has 1 aromatic heterocycles. The molecule has 5 nitrogen and oxygen atoms in total. The molecule has 0 unspecified atom stereocenters. The van der Waals surface area contributed by atoms with Crippen LogP contribution in [0.4, 0.5) is 11.4 Å². The number of hydrogen-bond donors (Lipinski definition) is 2. The fourth-order valence-electron chi connectivity index (χ4n) is 2.37. The molecule has 0 aliphatic heterocycles. The van der Waals surface area contributed by atoms with E-state index in [4.69, 9.17) is 11.6 Å². The minimum atomic E-state index is -0.376. The van der Waals surface area contributed by atoms with E-state index in [9.17, 15) is 14.4 Å². The number of benzene rings is 2. The lowest BCUT2D eigenvalue weighted by Gasteiger charge is -2.10. The monoisotopic (exact) mass is 398 g/mol. The van der Waals surface area contributed by atoms with E-state index >= 15 is 0 Å². The Morgan fingerprint density at radius 2 is 1.70 bits per heavy atom. The predicted molar refractivity (Wildman–Crippen MR) is 108 cm³/mol. The van der Waals surface area contributed by atoms with Gasteiger partial charge in [-0.25, -0.2) is 0 Å². The van der Waals surface area contributed by atoms with Gasteiger partial charge >= 0.3 is 0 Å². The van der Waals surface area contributed by atoms with Gasteiger partial charge in [0.15, 0.2) is 5.78 Å². The van der Waals surface area contributed by atoms with Gasteiger partial charge in [0.25, 0.3) is 11.8 Å². The van der Waals surface area contributed by atoms with Crippen LogP contribution >= 0.6 is 22.9 Å². The van der Waals surface area contributed by atoms with Crippen LogP contribution in [-0.4, -0.2) is 17.6 Å². The third-order valence-corrected chi connectivity index (χ3v) is 4.95. The maximum Gasteiger partial charge on any atom is 0.265 e. The third-order valence-electron chi connectivity index (χ3n) is 3.75. The highest BCUT2D eigenvalue weighted by molar-refractivity contribution is 7.12. The molecule has 2 N–H and O–H groups in total. The van der Waals surface area contributed by atoms with Crippen molar-refractivity contribution in [3.8, 4) is 0 Å². The SMILES string of the molecule is CC(=O)c1cccc(NC(=O)c2ccc(Cl)c(NC(=O)c3cccs3)c2)c1. The lowest BCUT2D eigenvalue weighted by atomic mass is 10.1. The first kappa shape index (κ1) is 18.8. The van der Waals surface area contributed by atoms with Gasteiger partial charge < -0.3 is 10.6 Å². The summed E-state index contributed by atoms with van der Waals surface area (Å²) in [6.07, 6.45) is 0. The van der Waals surface area contributed by atoms with Crippen LogP contribution in [-0.2, 0) is 0 Å². The summed E-state index contributed by atoms with van der Waals surface area (Å²) in [6, 6.07) is 14.8. The predicted octanol–water partition coefficient (Wildman–Crippen LogP) is 5.11. The van der Waals surface area contributed by atoms with Gasteiger partial charge in [-0.15, -0.1) is 11.3 Å². The van der Waals surface area contributed by atoms with Gasteiger partial charge in [-0.3, -0.25) is 14.4 Å². The molecule has 0 bridgehead atoms. The smallest absolute Gasteiger partial charge is 0.265 e. The number of ketones is 1. The number of carbonyl (C=O) groups is 3. The second kappa shape index (κ2) is 8.16. The fraction of sp³-hybridized carbons (Fsp3) is 0.0500. The Hall–Kier alpha value is -2.96. The van der Waals surface area contributed by atoms with Gasteiger partial charge in [-0.05, 0) is 48.7 Å². The van der Waals surface area contributed by atoms with Gasteiger partial charge in [-0.1, -0.05) is 29.8 Å². The van der Waals surface area contributed by atoms with Gasteiger partial charge in [0.05, 0.1) is 15.6 Å². The zero-order valence-electron chi connectivity index (χ0n) is 14.3. The molecule has 0 spiro atoms. The summed E-state index contributed by atoms with van der Waals surface area (Å²) in [5, 5.41) is 7.58. The molecular weight excluding hydrogens is 384 g/mol. The number of nitrogens with one attached hydrogen (secondary N) is 2. The van der Waals surface area contributed by atoms with Crippen molar-refractivity contribution in [2.24, 2.45) is 0 Å². The maximum absolute atomic E-state index is 12.5. The van der Waals surface area contributed by atoms with Crippen molar-refractivity contribution in [2.75, 3.05) is 10.6 Å². The van der Waals surface area contributed by atoms with Crippen LogP contribution in [0.25, 0.3) is 0 Å². The standard InChI is InChI=1S/C20H15ClN2O3S/c1-12(24)13-4-2-5-15(10-13)22-19(25)14-7-8-16(21)17(11-14)23-20(26)18-6-3-9-27-18/h2-11H,1H3,(H,22,25)(H,23,26). The second-order valence-corrected chi connectivity index (χ2v) is 7.07. The summed E-state index contributed by atoms with van der Waals surface area (Å²) in [5.41, 5.74) is 1.69. The van der Waals surface area contributed by atoms with Gasteiger partial charge in [0.1, 0.15) is 0 Å². The van der Waals surface area contributed by atoms with Crippen LogP contribution in [0.15, 0.2) is 60.0 Å². The number of Topliss-reactive ketones (excluding diaryl/α,β-unsaturated/α-hetero) is 1. The number of hydrogen-bond acceptors (Lipinski definition) is 4. The summed E-state index contributed by atoms with van der Waals surface area (Å²) >= 11 is 7.45. The molecule has 0 atom stereocenters. The Kier molecular flexibility index (Phi) is 5.69. The molecule has 2 amide bonds. The van der Waals surface area contributed by atoms with E-state index in [2.05, 4.69) is 10.6 Å². The first-order chi connectivity index (χ1) is 12.9. The molecule has 0 aliphatic carbocycles. The van der Waals surface area contributed by atoms with Crippen LogP contribution in [0.3, 0.4) is 0 Å². The highest BCUT2D eigenvalue weighted by Gasteiger charge is 2.13. The van der Waals surface area contributed by atoms with Crippen molar-refractivity contribution in [3.63, 3.8) is 0 Å². The van der Waals surface area contributed by atoms with Crippen LogP contribution in [0.2, 0.25) is 5.02 Å². The molecule has 0 aliphatic rings. The van der Waals surface area contributed by atoms with Crippen molar-refractivity contribution in [3.05, 3.63) is 81.0 Å². The van der Waals surface area contributed by atoms with Crippen molar-refractivity contribution < 1.29 is 14.4 Å². The number of anilines is 2.